The van der Waals surface area contributed by atoms with Crippen molar-refractivity contribution in [1.82, 2.24) is 14.9 Å². The Kier molecular flexibility index (Phi) is 6.79. The molecule has 2 aromatic heterocycles. The minimum Gasteiger partial charge on any atom is -0.422 e. The standard InChI is InChI=1S/C30H29N3O4/c1-4-19-17-31-23-10-6-12-25(27(19)23)36-29(34)20-8-5-9-21(16-20)30(35)37-26-13-7-11-24-28(26)22(18-32-24)14-15-33(2)3/h5-13,16-18,31-32H,4,14-15H2,1-3H3. The number of hydrogen-bond donors (Lipinski definition) is 2. The van der Waals surface area contributed by atoms with Crippen molar-refractivity contribution in [3.8, 4) is 11.5 Å². The number of aryl methyl sites for hydroxylation is 1. The van der Waals surface area contributed by atoms with E-state index in [1.54, 1.807) is 30.3 Å². The molecule has 7 nitrogen and oxygen atoms in total. The van der Waals surface area contributed by atoms with E-state index in [-0.39, 0.29) is 11.1 Å². The van der Waals surface area contributed by atoms with Crippen LogP contribution in [0.1, 0.15) is 38.8 Å². The third-order valence-electron chi connectivity index (χ3n) is 6.45. The summed E-state index contributed by atoms with van der Waals surface area (Å²) in [6.07, 6.45) is 5.50. The number of fused-ring (bicyclic) bond motifs is 2. The van der Waals surface area contributed by atoms with Gasteiger partial charge >= 0.3 is 11.9 Å². The van der Waals surface area contributed by atoms with Crippen molar-refractivity contribution in [1.29, 1.82) is 0 Å². The molecule has 0 aliphatic rings. The maximum atomic E-state index is 13.1. The van der Waals surface area contributed by atoms with Gasteiger partial charge < -0.3 is 24.3 Å². The van der Waals surface area contributed by atoms with E-state index >= 15 is 0 Å². The predicted molar refractivity (Wildman–Crippen MR) is 145 cm³/mol. The molecule has 5 rings (SSSR count). The van der Waals surface area contributed by atoms with Crippen LogP contribution in [0.3, 0.4) is 0 Å². The van der Waals surface area contributed by atoms with E-state index in [9.17, 15) is 9.59 Å². The Morgan fingerprint density at radius 1 is 0.757 bits per heavy atom. The Labute approximate surface area is 215 Å². The Bertz CT molecular complexity index is 1600. The highest BCUT2D eigenvalue weighted by Gasteiger charge is 2.18. The number of hydrogen-bond acceptors (Lipinski definition) is 5. The van der Waals surface area contributed by atoms with E-state index in [2.05, 4.69) is 21.8 Å². The number of carbonyl (C=O) groups excluding carboxylic acids is 2. The Balaban J connectivity index is 1.37. The number of likely N-dealkylation sites (N-methyl/N-ethyl adjacent to an activating group) is 1. The van der Waals surface area contributed by atoms with Crippen LogP contribution in [0.2, 0.25) is 0 Å². The summed E-state index contributed by atoms with van der Waals surface area (Å²) in [5.74, 6) is -0.110. The summed E-state index contributed by atoms with van der Waals surface area (Å²) < 4.78 is 11.6. The van der Waals surface area contributed by atoms with Crippen molar-refractivity contribution in [3.63, 3.8) is 0 Å². The van der Waals surface area contributed by atoms with Gasteiger partial charge in [0, 0.05) is 40.7 Å². The molecule has 0 aliphatic heterocycles. The number of rotatable bonds is 8. The molecule has 0 fully saturated rings. The normalized spacial score (nSPS) is 11.4. The molecule has 2 heterocycles. The second-order valence-corrected chi connectivity index (χ2v) is 9.25. The van der Waals surface area contributed by atoms with Gasteiger partial charge in [0.2, 0.25) is 0 Å². The van der Waals surface area contributed by atoms with E-state index in [0.717, 1.165) is 52.3 Å². The van der Waals surface area contributed by atoms with Crippen LogP contribution >= 0.6 is 0 Å². The zero-order valence-corrected chi connectivity index (χ0v) is 21.1. The molecule has 0 spiro atoms. The van der Waals surface area contributed by atoms with Gasteiger partial charge in [-0.3, -0.25) is 0 Å². The number of nitrogens with zero attached hydrogens (tertiary/aromatic N) is 1. The molecule has 7 heteroatoms. The molecule has 37 heavy (non-hydrogen) atoms. The van der Waals surface area contributed by atoms with E-state index in [1.165, 1.54) is 6.07 Å². The number of nitrogens with one attached hydrogen (secondary N) is 2. The minimum absolute atomic E-state index is 0.269. The summed E-state index contributed by atoms with van der Waals surface area (Å²) in [6, 6.07) is 17.6. The quantitative estimate of drug-likeness (QED) is 0.211. The van der Waals surface area contributed by atoms with Crippen molar-refractivity contribution in [2.45, 2.75) is 19.8 Å². The molecule has 5 aromatic rings. The van der Waals surface area contributed by atoms with Gasteiger partial charge in [0.1, 0.15) is 11.5 Å². The van der Waals surface area contributed by atoms with Crippen LogP contribution in [0.4, 0.5) is 0 Å². The number of aromatic nitrogens is 2. The summed E-state index contributed by atoms with van der Waals surface area (Å²) >= 11 is 0. The van der Waals surface area contributed by atoms with Gasteiger partial charge in [0.15, 0.2) is 0 Å². The molecule has 0 unspecified atom stereocenters. The van der Waals surface area contributed by atoms with Crippen molar-refractivity contribution in [2.75, 3.05) is 20.6 Å². The summed E-state index contributed by atoms with van der Waals surface area (Å²) in [5.41, 5.74) is 4.50. The van der Waals surface area contributed by atoms with Gasteiger partial charge in [0.05, 0.1) is 11.1 Å². The SMILES string of the molecule is CCc1c[nH]c2cccc(OC(=O)c3cccc(C(=O)Oc4cccc5[nH]cc(CCN(C)C)c45)c3)c12. The molecule has 0 amide bonds. The molecule has 0 aliphatic carbocycles. The molecule has 188 valence electrons. The van der Waals surface area contributed by atoms with Crippen LogP contribution in [0, 0.1) is 0 Å². The average Bonchev–Trinajstić information content (AvgIpc) is 3.52. The number of esters is 2. The van der Waals surface area contributed by atoms with E-state index < -0.39 is 11.9 Å². The van der Waals surface area contributed by atoms with Crippen molar-refractivity contribution < 1.29 is 19.1 Å². The van der Waals surface area contributed by atoms with Crippen molar-refractivity contribution in [2.24, 2.45) is 0 Å². The van der Waals surface area contributed by atoms with Crippen LogP contribution < -0.4 is 9.47 Å². The fourth-order valence-corrected chi connectivity index (χ4v) is 4.52. The maximum Gasteiger partial charge on any atom is 0.343 e. The fraction of sp³-hybridized carbons (Fsp3) is 0.200. The Hall–Kier alpha value is -4.36. The topological polar surface area (TPSA) is 87.4 Å². The van der Waals surface area contributed by atoms with Gasteiger partial charge in [-0.25, -0.2) is 9.59 Å². The zero-order chi connectivity index (χ0) is 25.9. The molecule has 2 N–H and O–H groups in total. The van der Waals surface area contributed by atoms with Crippen molar-refractivity contribution in [3.05, 3.63) is 95.3 Å². The van der Waals surface area contributed by atoms with Crippen LogP contribution in [0.15, 0.2) is 73.1 Å². The van der Waals surface area contributed by atoms with Gasteiger partial charge in [-0.15, -0.1) is 0 Å². The lowest BCUT2D eigenvalue weighted by atomic mass is 10.1. The first-order valence-corrected chi connectivity index (χ1v) is 12.3. The predicted octanol–water partition coefficient (Wildman–Crippen LogP) is 5.75. The minimum atomic E-state index is -0.539. The molecular weight excluding hydrogens is 466 g/mol. The molecule has 3 aromatic carbocycles. The smallest absolute Gasteiger partial charge is 0.343 e. The molecule has 0 saturated heterocycles. The number of carbonyl (C=O) groups is 2. The summed E-state index contributed by atoms with van der Waals surface area (Å²) in [6.45, 7) is 2.92. The Morgan fingerprint density at radius 2 is 1.27 bits per heavy atom. The highest BCUT2D eigenvalue weighted by atomic mass is 16.5. The molecule has 0 atom stereocenters. The van der Waals surface area contributed by atoms with E-state index in [0.29, 0.717) is 11.5 Å². The summed E-state index contributed by atoms with van der Waals surface area (Å²) in [4.78, 5) is 34.7. The molecule has 0 saturated carbocycles. The second kappa shape index (κ2) is 10.3. The van der Waals surface area contributed by atoms with E-state index in [1.807, 2.05) is 50.8 Å². The number of benzene rings is 3. The fourth-order valence-electron chi connectivity index (χ4n) is 4.52. The monoisotopic (exact) mass is 495 g/mol. The number of ether oxygens (including phenoxy) is 2. The largest absolute Gasteiger partial charge is 0.422 e. The first-order valence-electron chi connectivity index (χ1n) is 12.3. The highest BCUT2D eigenvalue weighted by Crippen LogP contribution is 2.31. The second-order valence-electron chi connectivity index (χ2n) is 9.25. The lowest BCUT2D eigenvalue weighted by Crippen LogP contribution is -2.15. The van der Waals surface area contributed by atoms with Crippen LogP contribution in [0.5, 0.6) is 11.5 Å². The highest BCUT2D eigenvalue weighted by molar-refractivity contribution is 6.00. The molecular formula is C30H29N3O4. The summed E-state index contributed by atoms with van der Waals surface area (Å²) in [5, 5.41) is 1.78. The average molecular weight is 496 g/mol. The number of H-pyrrole nitrogens is 2. The first kappa shape index (κ1) is 24.3. The number of aromatic amines is 2. The molecule has 0 radical (unpaired) electrons. The van der Waals surface area contributed by atoms with Gasteiger partial charge in [-0.1, -0.05) is 25.1 Å². The van der Waals surface area contributed by atoms with Gasteiger partial charge in [0.25, 0.3) is 0 Å². The van der Waals surface area contributed by atoms with Crippen LogP contribution in [-0.2, 0) is 12.8 Å². The summed E-state index contributed by atoms with van der Waals surface area (Å²) in [7, 11) is 4.05. The third-order valence-corrected chi connectivity index (χ3v) is 6.45. The lowest BCUT2D eigenvalue weighted by molar-refractivity contribution is 0.0737. The van der Waals surface area contributed by atoms with E-state index in [4.69, 9.17) is 9.47 Å². The third kappa shape index (κ3) is 4.99. The van der Waals surface area contributed by atoms with Crippen LogP contribution in [-0.4, -0.2) is 47.4 Å². The van der Waals surface area contributed by atoms with Crippen molar-refractivity contribution >= 4 is 33.7 Å². The zero-order valence-electron chi connectivity index (χ0n) is 21.1. The van der Waals surface area contributed by atoms with Gasteiger partial charge in [-0.05, 0) is 80.5 Å². The van der Waals surface area contributed by atoms with Crippen LogP contribution in [0.25, 0.3) is 21.8 Å². The maximum absolute atomic E-state index is 13.1. The Morgan fingerprint density at radius 3 is 1.81 bits per heavy atom. The lowest BCUT2D eigenvalue weighted by Gasteiger charge is -2.11. The van der Waals surface area contributed by atoms with Gasteiger partial charge in [-0.2, -0.15) is 0 Å². The first-order chi connectivity index (χ1) is 17.9. The molecule has 0 bridgehead atoms.